The Labute approximate surface area is 169 Å². The molecule has 0 fully saturated rings. The van der Waals surface area contributed by atoms with Crippen molar-refractivity contribution < 1.29 is 21.0 Å². The van der Waals surface area contributed by atoms with Crippen molar-refractivity contribution in [3.63, 3.8) is 0 Å². The Hall–Kier alpha value is -3.17. The Morgan fingerprint density at radius 2 is 1.41 bits per heavy atom. The number of hydrogen-bond acceptors (Lipinski definition) is 6. The maximum atomic E-state index is 12.5. The summed E-state index contributed by atoms with van der Waals surface area (Å²) in [6.07, 6.45) is 1.18. The highest BCUT2D eigenvalue weighted by atomic mass is 32.2. The zero-order valence-corrected chi connectivity index (χ0v) is 17.0. The number of nitrogens with one attached hydrogen (secondary N) is 1. The van der Waals surface area contributed by atoms with Gasteiger partial charge in [-0.3, -0.25) is 0 Å². The van der Waals surface area contributed by atoms with E-state index in [-0.39, 0.29) is 15.5 Å². The summed E-state index contributed by atoms with van der Waals surface area (Å²) >= 11 is 0. The minimum atomic E-state index is -4.05. The summed E-state index contributed by atoms with van der Waals surface area (Å²) in [4.78, 5) is 2.16. The smallest absolute Gasteiger partial charge is 0.339 e. The van der Waals surface area contributed by atoms with E-state index < -0.39 is 20.1 Å². The first kappa shape index (κ1) is 20.6. The van der Waals surface area contributed by atoms with Gasteiger partial charge in [-0.2, -0.15) is 21.9 Å². The lowest BCUT2D eigenvalue weighted by Gasteiger charge is -2.09. The van der Waals surface area contributed by atoms with Gasteiger partial charge >= 0.3 is 10.1 Å². The van der Waals surface area contributed by atoms with Gasteiger partial charge in [0.15, 0.2) is 5.75 Å². The van der Waals surface area contributed by atoms with Crippen LogP contribution in [0.25, 0.3) is 0 Å². The van der Waals surface area contributed by atoms with Crippen molar-refractivity contribution >= 4 is 26.4 Å². The van der Waals surface area contributed by atoms with E-state index in [0.717, 1.165) is 5.56 Å². The second-order valence-electron chi connectivity index (χ2n) is 6.05. The summed E-state index contributed by atoms with van der Waals surface area (Å²) in [5.74, 6) is 0.0238. The van der Waals surface area contributed by atoms with Crippen molar-refractivity contribution in [2.45, 2.75) is 16.7 Å². The molecule has 9 heteroatoms. The minimum absolute atomic E-state index is 0.0135. The number of benzene rings is 3. The molecule has 0 atom stereocenters. The molecule has 0 saturated heterocycles. The van der Waals surface area contributed by atoms with E-state index in [0.29, 0.717) is 5.56 Å². The van der Waals surface area contributed by atoms with E-state index in [4.69, 9.17) is 4.18 Å². The van der Waals surface area contributed by atoms with Crippen LogP contribution in [0.3, 0.4) is 0 Å². The SMILES string of the molecule is Cc1ccc(S(=O)(=O)Oc2ccccc2C=NNS(=O)(=O)c2ccccc2)cc1. The quantitative estimate of drug-likeness (QED) is 0.353. The van der Waals surface area contributed by atoms with Gasteiger partial charge in [0.1, 0.15) is 4.90 Å². The van der Waals surface area contributed by atoms with E-state index in [1.165, 1.54) is 36.5 Å². The van der Waals surface area contributed by atoms with E-state index in [9.17, 15) is 16.8 Å². The third kappa shape index (κ3) is 5.21. The topological polar surface area (TPSA) is 102 Å². The predicted molar refractivity (Wildman–Crippen MR) is 110 cm³/mol. The monoisotopic (exact) mass is 430 g/mol. The second-order valence-corrected chi connectivity index (χ2v) is 9.26. The first-order valence-electron chi connectivity index (χ1n) is 8.48. The molecular formula is C20H18N2O5S2. The van der Waals surface area contributed by atoms with Crippen LogP contribution in [0, 0.1) is 6.92 Å². The maximum absolute atomic E-state index is 12.5. The molecule has 0 aromatic heterocycles. The van der Waals surface area contributed by atoms with Gasteiger partial charge in [0.05, 0.1) is 11.1 Å². The van der Waals surface area contributed by atoms with Gasteiger partial charge < -0.3 is 4.18 Å². The van der Waals surface area contributed by atoms with Crippen molar-refractivity contribution in [3.8, 4) is 5.75 Å². The highest BCUT2D eigenvalue weighted by Gasteiger charge is 2.18. The maximum Gasteiger partial charge on any atom is 0.339 e. The molecule has 1 N–H and O–H groups in total. The first-order valence-corrected chi connectivity index (χ1v) is 11.4. The first-order chi connectivity index (χ1) is 13.8. The van der Waals surface area contributed by atoms with Crippen LogP contribution in [-0.2, 0) is 20.1 Å². The number of hydrazone groups is 1. The van der Waals surface area contributed by atoms with Crippen molar-refractivity contribution in [2.24, 2.45) is 5.10 Å². The molecule has 0 unspecified atom stereocenters. The van der Waals surface area contributed by atoms with Crippen molar-refractivity contribution in [3.05, 3.63) is 90.0 Å². The van der Waals surface area contributed by atoms with Crippen LogP contribution in [0.4, 0.5) is 0 Å². The molecule has 0 amide bonds. The van der Waals surface area contributed by atoms with Gasteiger partial charge in [-0.05, 0) is 43.3 Å². The van der Waals surface area contributed by atoms with Crippen LogP contribution in [0.1, 0.15) is 11.1 Å². The Morgan fingerprint density at radius 3 is 2.10 bits per heavy atom. The van der Waals surface area contributed by atoms with E-state index in [2.05, 4.69) is 9.93 Å². The molecule has 0 aliphatic carbocycles. The number of sulfonamides is 1. The predicted octanol–water partition coefficient (Wildman–Crippen LogP) is 3.08. The molecule has 0 saturated carbocycles. The standard InChI is InChI=1S/C20H18N2O5S2/c1-16-11-13-19(14-12-16)29(25,26)27-20-10-6-5-7-17(20)15-21-22-28(23,24)18-8-3-2-4-9-18/h2-15,22H,1H3. The fraction of sp³-hybridized carbons (Fsp3) is 0.0500. The number of aryl methyl sites for hydroxylation is 1. The third-order valence-corrected chi connectivity index (χ3v) is 6.35. The molecule has 0 aliphatic rings. The molecule has 0 heterocycles. The summed E-state index contributed by atoms with van der Waals surface area (Å²) in [6, 6.07) is 20.3. The van der Waals surface area contributed by atoms with E-state index in [1.807, 2.05) is 6.92 Å². The number of nitrogens with zero attached hydrogens (tertiary/aromatic N) is 1. The number of para-hydroxylation sites is 1. The third-order valence-electron chi connectivity index (χ3n) is 3.86. The lowest BCUT2D eigenvalue weighted by atomic mass is 10.2. The molecule has 3 aromatic rings. The summed E-state index contributed by atoms with van der Waals surface area (Å²) in [5.41, 5.74) is 1.21. The molecule has 150 valence electrons. The molecule has 0 bridgehead atoms. The van der Waals surface area contributed by atoms with Gasteiger partial charge in [-0.1, -0.05) is 48.0 Å². The highest BCUT2D eigenvalue weighted by Crippen LogP contribution is 2.22. The molecule has 3 rings (SSSR count). The molecule has 29 heavy (non-hydrogen) atoms. The van der Waals surface area contributed by atoms with Crippen LogP contribution in [0.5, 0.6) is 5.75 Å². The van der Waals surface area contributed by atoms with E-state index in [1.54, 1.807) is 48.5 Å². The van der Waals surface area contributed by atoms with Gasteiger partial charge in [0, 0.05) is 5.56 Å². The Balaban J connectivity index is 1.80. The van der Waals surface area contributed by atoms with Crippen molar-refractivity contribution in [1.29, 1.82) is 0 Å². The van der Waals surface area contributed by atoms with Gasteiger partial charge in [0.25, 0.3) is 10.0 Å². The van der Waals surface area contributed by atoms with Crippen LogP contribution >= 0.6 is 0 Å². The molecular weight excluding hydrogens is 412 g/mol. The average molecular weight is 431 g/mol. The van der Waals surface area contributed by atoms with Gasteiger partial charge in [-0.25, -0.2) is 4.83 Å². The van der Waals surface area contributed by atoms with Crippen LogP contribution in [0.15, 0.2) is 93.8 Å². The Bertz CT molecular complexity index is 1220. The Morgan fingerprint density at radius 1 is 0.793 bits per heavy atom. The average Bonchev–Trinajstić information content (AvgIpc) is 2.70. The zero-order chi connectivity index (χ0) is 20.9. The minimum Gasteiger partial charge on any atom is -0.378 e. The fourth-order valence-electron chi connectivity index (χ4n) is 2.35. The van der Waals surface area contributed by atoms with Gasteiger partial charge in [-0.15, -0.1) is 0 Å². The van der Waals surface area contributed by atoms with Gasteiger partial charge in [0.2, 0.25) is 0 Å². The van der Waals surface area contributed by atoms with Crippen molar-refractivity contribution in [2.75, 3.05) is 0 Å². The molecule has 0 spiro atoms. The van der Waals surface area contributed by atoms with E-state index >= 15 is 0 Å². The van der Waals surface area contributed by atoms with Crippen LogP contribution < -0.4 is 9.01 Å². The van der Waals surface area contributed by atoms with Crippen LogP contribution in [0.2, 0.25) is 0 Å². The largest absolute Gasteiger partial charge is 0.378 e. The number of rotatable bonds is 7. The molecule has 0 aliphatic heterocycles. The lowest BCUT2D eigenvalue weighted by Crippen LogP contribution is -2.18. The lowest BCUT2D eigenvalue weighted by molar-refractivity contribution is 0.485. The summed E-state index contributed by atoms with van der Waals surface area (Å²) in [5, 5.41) is 3.73. The summed E-state index contributed by atoms with van der Waals surface area (Å²) in [7, 11) is -7.88. The molecule has 3 aromatic carbocycles. The molecule has 0 radical (unpaired) electrons. The number of hydrogen-bond donors (Lipinski definition) is 1. The second kappa shape index (κ2) is 8.46. The fourth-order valence-corrected chi connectivity index (χ4v) is 4.12. The van der Waals surface area contributed by atoms with Crippen molar-refractivity contribution in [1.82, 2.24) is 4.83 Å². The van der Waals surface area contributed by atoms with Crippen LogP contribution in [-0.4, -0.2) is 23.1 Å². The zero-order valence-electron chi connectivity index (χ0n) is 15.4. The normalized spacial score (nSPS) is 12.0. The summed E-state index contributed by atoms with van der Waals surface area (Å²) < 4.78 is 54.6. The summed E-state index contributed by atoms with van der Waals surface area (Å²) in [6.45, 7) is 1.85. The highest BCUT2D eigenvalue weighted by molar-refractivity contribution is 7.89. The Kier molecular flexibility index (Phi) is 6.00. The molecule has 7 nitrogen and oxygen atoms in total.